The molecular formula is C14H19ClN2O3. The van der Waals surface area contributed by atoms with Gasteiger partial charge in [0.15, 0.2) is 0 Å². The Labute approximate surface area is 123 Å². The number of carboxylic acid groups (broad SMARTS) is 1. The van der Waals surface area contributed by atoms with Crippen LogP contribution in [-0.4, -0.2) is 37.9 Å². The molecule has 0 aliphatic carbocycles. The lowest BCUT2D eigenvalue weighted by Gasteiger charge is -2.29. The van der Waals surface area contributed by atoms with Gasteiger partial charge in [-0.3, -0.25) is 0 Å². The number of halogens is 1. The zero-order valence-corrected chi connectivity index (χ0v) is 12.2. The first-order valence-electron chi connectivity index (χ1n) is 6.60. The van der Waals surface area contributed by atoms with E-state index >= 15 is 0 Å². The van der Waals surface area contributed by atoms with Crippen LogP contribution in [0.15, 0.2) is 12.1 Å². The third-order valence-corrected chi connectivity index (χ3v) is 3.77. The van der Waals surface area contributed by atoms with Crippen molar-refractivity contribution in [2.45, 2.75) is 12.8 Å². The molecule has 5 nitrogen and oxygen atoms in total. The van der Waals surface area contributed by atoms with Crippen molar-refractivity contribution in [3.8, 4) is 0 Å². The summed E-state index contributed by atoms with van der Waals surface area (Å²) in [6, 6.07) is 3.02. The van der Waals surface area contributed by atoms with Crippen LogP contribution in [-0.2, 0) is 4.74 Å². The van der Waals surface area contributed by atoms with Gasteiger partial charge in [-0.15, -0.1) is 0 Å². The topological polar surface area (TPSA) is 75.8 Å². The molecule has 6 heteroatoms. The second-order valence-electron chi connectivity index (χ2n) is 5.17. The highest BCUT2D eigenvalue weighted by atomic mass is 35.5. The molecule has 1 aromatic rings. The predicted molar refractivity (Wildman–Crippen MR) is 79.6 cm³/mol. The fourth-order valence-electron chi connectivity index (χ4n) is 2.60. The molecule has 1 fully saturated rings. The van der Waals surface area contributed by atoms with E-state index in [4.69, 9.17) is 22.1 Å². The molecule has 0 amide bonds. The first-order valence-corrected chi connectivity index (χ1v) is 6.98. The molecule has 1 aliphatic heterocycles. The van der Waals surface area contributed by atoms with Crippen LogP contribution in [0.4, 0.5) is 11.4 Å². The van der Waals surface area contributed by atoms with Gasteiger partial charge < -0.3 is 20.5 Å². The highest BCUT2D eigenvalue weighted by Gasteiger charge is 2.22. The molecular weight excluding hydrogens is 280 g/mol. The largest absolute Gasteiger partial charge is 0.478 e. The standard InChI is InChI=1S/C14H19ClN2O3/c1-17(7-9-3-2-4-20-8-9)13-11(14(18)19)5-10(16)6-12(13)15/h5-6,9H,2-4,7-8,16H2,1H3,(H,18,19). The van der Waals surface area contributed by atoms with Crippen LogP contribution in [0.25, 0.3) is 0 Å². The fraction of sp³-hybridized carbons (Fsp3) is 0.500. The smallest absolute Gasteiger partial charge is 0.337 e. The summed E-state index contributed by atoms with van der Waals surface area (Å²) in [4.78, 5) is 13.2. The molecule has 1 saturated heterocycles. The van der Waals surface area contributed by atoms with Crippen molar-refractivity contribution in [3.05, 3.63) is 22.7 Å². The van der Waals surface area contributed by atoms with E-state index in [9.17, 15) is 9.90 Å². The summed E-state index contributed by atoms with van der Waals surface area (Å²) in [6.45, 7) is 2.23. The highest BCUT2D eigenvalue weighted by molar-refractivity contribution is 6.34. The highest BCUT2D eigenvalue weighted by Crippen LogP contribution is 2.33. The number of aromatic carboxylic acids is 1. The van der Waals surface area contributed by atoms with Crippen molar-refractivity contribution < 1.29 is 14.6 Å². The number of carbonyl (C=O) groups is 1. The molecule has 1 aliphatic rings. The molecule has 1 atom stereocenters. The quantitative estimate of drug-likeness (QED) is 0.835. The van der Waals surface area contributed by atoms with Gasteiger partial charge in [-0.2, -0.15) is 0 Å². The summed E-state index contributed by atoms with van der Waals surface area (Å²) < 4.78 is 5.45. The monoisotopic (exact) mass is 298 g/mol. The number of benzene rings is 1. The van der Waals surface area contributed by atoms with Gasteiger partial charge in [-0.25, -0.2) is 4.79 Å². The number of carboxylic acids is 1. The van der Waals surface area contributed by atoms with Crippen molar-refractivity contribution in [2.75, 3.05) is 37.4 Å². The van der Waals surface area contributed by atoms with E-state index in [1.165, 1.54) is 6.07 Å². The molecule has 1 heterocycles. The van der Waals surface area contributed by atoms with Crippen molar-refractivity contribution in [3.63, 3.8) is 0 Å². The minimum Gasteiger partial charge on any atom is -0.478 e. The van der Waals surface area contributed by atoms with Crippen LogP contribution in [0.1, 0.15) is 23.2 Å². The minimum absolute atomic E-state index is 0.134. The maximum Gasteiger partial charge on any atom is 0.337 e. The average molecular weight is 299 g/mol. The fourth-order valence-corrected chi connectivity index (χ4v) is 2.97. The Balaban J connectivity index is 2.23. The van der Waals surface area contributed by atoms with Gasteiger partial charge in [0.2, 0.25) is 0 Å². The van der Waals surface area contributed by atoms with Crippen LogP contribution in [0.3, 0.4) is 0 Å². The summed E-state index contributed by atoms with van der Waals surface area (Å²) in [5, 5.41) is 9.67. The lowest BCUT2D eigenvalue weighted by molar-refractivity contribution is 0.0576. The Bertz CT molecular complexity index is 501. The number of nitrogens with zero attached hydrogens (tertiary/aromatic N) is 1. The van der Waals surface area contributed by atoms with E-state index < -0.39 is 5.97 Å². The molecule has 1 aromatic carbocycles. The van der Waals surface area contributed by atoms with Crippen molar-refractivity contribution in [1.29, 1.82) is 0 Å². The van der Waals surface area contributed by atoms with Crippen LogP contribution in [0.5, 0.6) is 0 Å². The van der Waals surface area contributed by atoms with E-state index in [1.54, 1.807) is 6.07 Å². The lowest BCUT2D eigenvalue weighted by Crippen LogP contribution is -2.32. The van der Waals surface area contributed by atoms with Crippen LogP contribution in [0.2, 0.25) is 5.02 Å². The average Bonchev–Trinajstić information content (AvgIpc) is 2.38. The number of nitrogens with two attached hydrogens (primary N) is 1. The molecule has 110 valence electrons. The number of ether oxygens (including phenoxy) is 1. The normalized spacial score (nSPS) is 18.8. The molecule has 0 radical (unpaired) electrons. The molecule has 0 bridgehead atoms. The van der Waals surface area contributed by atoms with Gasteiger partial charge in [0.05, 0.1) is 22.9 Å². The summed E-state index contributed by atoms with van der Waals surface area (Å²) in [5.41, 5.74) is 6.66. The molecule has 0 saturated carbocycles. The Hall–Kier alpha value is -1.46. The van der Waals surface area contributed by atoms with Gasteiger partial charge in [-0.1, -0.05) is 11.6 Å². The van der Waals surface area contributed by atoms with Crippen LogP contribution < -0.4 is 10.6 Å². The molecule has 3 N–H and O–H groups in total. The van der Waals surface area contributed by atoms with E-state index in [2.05, 4.69) is 0 Å². The second-order valence-corrected chi connectivity index (χ2v) is 5.57. The van der Waals surface area contributed by atoms with E-state index in [0.29, 0.717) is 35.5 Å². The number of hydrogen-bond donors (Lipinski definition) is 2. The second kappa shape index (κ2) is 6.33. The Kier molecular flexibility index (Phi) is 4.73. The number of nitrogen functional groups attached to an aromatic ring is 1. The van der Waals surface area contributed by atoms with Gasteiger partial charge in [-0.05, 0) is 30.9 Å². The number of anilines is 2. The maximum absolute atomic E-state index is 11.4. The third kappa shape index (κ3) is 3.35. The predicted octanol–water partition coefficient (Wildman–Crippen LogP) is 2.48. The molecule has 1 unspecified atom stereocenters. The van der Waals surface area contributed by atoms with E-state index in [1.807, 2.05) is 11.9 Å². The van der Waals surface area contributed by atoms with Gasteiger partial charge in [0.25, 0.3) is 0 Å². The SMILES string of the molecule is CN(CC1CCCOC1)c1c(Cl)cc(N)cc1C(=O)O. The summed E-state index contributed by atoms with van der Waals surface area (Å²) >= 11 is 6.18. The maximum atomic E-state index is 11.4. The van der Waals surface area contributed by atoms with Crippen molar-refractivity contribution in [2.24, 2.45) is 5.92 Å². The van der Waals surface area contributed by atoms with Gasteiger partial charge in [0.1, 0.15) is 0 Å². The third-order valence-electron chi connectivity index (χ3n) is 3.48. The van der Waals surface area contributed by atoms with E-state index in [0.717, 1.165) is 19.4 Å². The number of hydrogen-bond acceptors (Lipinski definition) is 4. The van der Waals surface area contributed by atoms with E-state index in [-0.39, 0.29) is 5.56 Å². The molecule has 0 spiro atoms. The molecule has 2 rings (SSSR count). The summed E-state index contributed by atoms with van der Waals surface area (Å²) in [6.07, 6.45) is 2.12. The Morgan fingerprint density at radius 3 is 2.95 bits per heavy atom. The van der Waals surface area contributed by atoms with Crippen molar-refractivity contribution >= 4 is 28.9 Å². The summed E-state index contributed by atoms with van der Waals surface area (Å²) in [5.74, 6) is -0.634. The van der Waals surface area contributed by atoms with Gasteiger partial charge >= 0.3 is 5.97 Å². The zero-order chi connectivity index (χ0) is 14.7. The van der Waals surface area contributed by atoms with Crippen LogP contribution >= 0.6 is 11.6 Å². The molecule has 20 heavy (non-hydrogen) atoms. The molecule has 0 aromatic heterocycles. The van der Waals surface area contributed by atoms with Crippen LogP contribution in [0, 0.1) is 5.92 Å². The van der Waals surface area contributed by atoms with Gasteiger partial charge in [0, 0.05) is 25.9 Å². The first kappa shape index (κ1) is 14.9. The Morgan fingerprint density at radius 2 is 2.35 bits per heavy atom. The number of rotatable bonds is 4. The first-order chi connectivity index (χ1) is 9.49. The zero-order valence-electron chi connectivity index (χ0n) is 11.4. The minimum atomic E-state index is -1.03. The Morgan fingerprint density at radius 1 is 1.60 bits per heavy atom. The summed E-state index contributed by atoms with van der Waals surface area (Å²) in [7, 11) is 1.85. The lowest BCUT2D eigenvalue weighted by atomic mass is 10.0. The van der Waals surface area contributed by atoms with Crippen molar-refractivity contribution in [1.82, 2.24) is 0 Å².